The van der Waals surface area contributed by atoms with Gasteiger partial charge in [0.1, 0.15) is 22.8 Å². The Morgan fingerprint density at radius 2 is 1.45 bits per heavy atom. The van der Waals surface area contributed by atoms with E-state index in [9.17, 15) is 9.59 Å². The first kappa shape index (κ1) is 27.6. The van der Waals surface area contributed by atoms with Crippen LogP contribution in [0.5, 0.6) is 17.2 Å². The fourth-order valence-electron chi connectivity index (χ4n) is 5.86. The van der Waals surface area contributed by atoms with Gasteiger partial charge in [0.15, 0.2) is 0 Å². The molecule has 2 saturated heterocycles. The minimum absolute atomic E-state index is 0.102. The maximum Gasteiger partial charge on any atom is 0.328 e. The van der Waals surface area contributed by atoms with Crippen LogP contribution in [0.2, 0.25) is 0 Å². The Kier molecular flexibility index (Phi) is 8.02. The van der Waals surface area contributed by atoms with E-state index in [1.165, 1.54) is 4.90 Å². The van der Waals surface area contributed by atoms with Gasteiger partial charge in [0.05, 0.1) is 27.9 Å². The molecule has 0 radical (unpaired) electrons. The molecular formula is C31H38N4O5. The molecule has 2 aliphatic heterocycles. The number of imide groups is 1. The number of ether oxygens (including phenoxy) is 3. The Labute approximate surface area is 235 Å². The first-order valence-corrected chi connectivity index (χ1v) is 13.7. The second-order valence-electron chi connectivity index (χ2n) is 10.6. The summed E-state index contributed by atoms with van der Waals surface area (Å²) in [6, 6.07) is 15.4. The smallest absolute Gasteiger partial charge is 0.328 e. The molecule has 0 atom stereocenters. The zero-order valence-electron chi connectivity index (χ0n) is 23.8. The van der Waals surface area contributed by atoms with Crippen molar-refractivity contribution in [3.8, 4) is 17.2 Å². The highest BCUT2D eigenvalue weighted by atomic mass is 16.5. The van der Waals surface area contributed by atoms with Crippen LogP contribution in [0.1, 0.15) is 29.5 Å². The number of methoxy groups -OCH3 is 3. The summed E-state index contributed by atoms with van der Waals surface area (Å²) in [5.74, 6) is 2.11. The van der Waals surface area contributed by atoms with Crippen LogP contribution >= 0.6 is 0 Å². The van der Waals surface area contributed by atoms with Crippen molar-refractivity contribution < 1.29 is 23.8 Å². The van der Waals surface area contributed by atoms with Gasteiger partial charge >= 0.3 is 6.03 Å². The molecule has 5 rings (SSSR count). The highest BCUT2D eigenvalue weighted by Crippen LogP contribution is 2.39. The van der Waals surface area contributed by atoms with Gasteiger partial charge in [-0.1, -0.05) is 6.07 Å². The Morgan fingerprint density at radius 3 is 2.08 bits per heavy atom. The van der Waals surface area contributed by atoms with E-state index in [1.54, 1.807) is 21.3 Å². The van der Waals surface area contributed by atoms with E-state index >= 15 is 0 Å². The summed E-state index contributed by atoms with van der Waals surface area (Å²) in [6.45, 7) is 5.44. The van der Waals surface area contributed by atoms with Crippen molar-refractivity contribution in [3.05, 3.63) is 77.6 Å². The predicted molar refractivity (Wildman–Crippen MR) is 152 cm³/mol. The zero-order valence-corrected chi connectivity index (χ0v) is 23.8. The number of hydrogen-bond acceptors (Lipinski definition) is 6. The summed E-state index contributed by atoms with van der Waals surface area (Å²) in [5.41, 5.74) is 2.16. The van der Waals surface area contributed by atoms with Crippen LogP contribution in [0.3, 0.4) is 0 Å². The molecule has 3 heterocycles. The van der Waals surface area contributed by atoms with Crippen molar-refractivity contribution >= 4 is 11.9 Å². The summed E-state index contributed by atoms with van der Waals surface area (Å²) in [5, 5.41) is 0. The molecule has 9 heteroatoms. The van der Waals surface area contributed by atoms with Crippen molar-refractivity contribution in [1.82, 2.24) is 19.3 Å². The first-order valence-electron chi connectivity index (χ1n) is 13.7. The first-order chi connectivity index (χ1) is 19.4. The number of benzene rings is 2. The van der Waals surface area contributed by atoms with E-state index in [1.807, 2.05) is 77.3 Å². The van der Waals surface area contributed by atoms with Crippen LogP contribution in [-0.4, -0.2) is 77.7 Å². The van der Waals surface area contributed by atoms with Crippen LogP contribution in [0, 0.1) is 6.92 Å². The van der Waals surface area contributed by atoms with Gasteiger partial charge in [-0.2, -0.15) is 0 Å². The lowest BCUT2D eigenvalue weighted by molar-refractivity contribution is -0.136. The molecule has 1 spiro atoms. The standard InChI is InChI=1S/C31H38N4O5/c1-23-7-8-26(38-2)19-25(23)22-34-29(36)31(35(30(34)37)16-15-32-11-5-6-12-32)9-13-33(14-10-31)21-24-17-27(39-3)20-28(18-24)40-4/h5-8,11-12,17-20H,9-10,13-16,21-22H2,1-4H3. The fraction of sp³-hybridized carbons (Fsp3) is 0.419. The van der Waals surface area contributed by atoms with Crippen molar-refractivity contribution in [2.45, 2.75) is 44.9 Å². The molecule has 3 amide bonds. The Balaban J connectivity index is 1.37. The Morgan fingerprint density at radius 1 is 0.800 bits per heavy atom. The van der Waals surface area contributed by atoms with Crippen LogP contribution in [0.15, 0.2) is 60.9 Å². The number of likely N-dealkylation sites (tertiary alicyclic amines) is 1. The molecule has 212 valence electrons. The van der Waals surface area contributed by atoms with Gasteiger partial charge in [-0.05, 0) is 72.9 Å². The van der Waals surface area contributed by atoms with Crippen molar-refractivity contribution in [2.75, 3.05) is 41.0 Å². The zero-order chi connectivity index (χ0) is 28.3. The molecule has 2 aliphatic rings. The molecule has 0 N–H and O–H groups in total. The third-order valence-electron chi connectivity index (χ3n) is 8.26. The molecule has 2 fully saturated rings. The summed E-state index contributed by atoms with van der Waals surface area (Å²) < 4.78 is 18.3. The number of aromatic nitrogens is 1. The normalized spacial score (nSPS) is 17.1. The molecule has 0 unspecified atom stereocenters. The lowest BCUT2D eigenvalue weighted by Gasteiger charge is -2.42. The second kappa shape index (κ2) is 11.6. The van der Waals surface area contributed by atoms with E-state index in [-0.39, 0.29) is 18.5 Å². The minimum atomic E-state index is -0.848. The largest absolute Gasteiger partial charge is 0.497 e. The van der Waals surface area contributed by atoms with E-state index in [0.717, 1.165) is 28.2 Å². The summed E-state index contributed by atoms with van der Waals surface area (Å²) in [4.78, 5) is 33.6. The predicted octanol–water partition coefficient (Wildman–Crippen LogP) is 4.32. The highest BCUT2D eigenvalue weighted by molar-refractivity contribution is 6.07. The molecular weight excluding hydrogens is 508 g/mol. The van der Waals surface area contributed by atoms with Crippen LogP contribution < -0.4 is 14.2 Å². The van der Waals surface area contributed by atoms with Gasteiger partial charge in [-0.25, -0.2) is 4.79 Å². The van der Waals surface area contributed by atoms with Crippen LogP contribution in [0.25, 0.3) is 0 Å². The SMILES string of the molecule is COc1cc(CN2CCC3(CC2)C(=O)N(Cc2cc(OC)ccc2C)C(=O)N3CCn2cccc2)cc(OC)c1. The second-order valence-corrected chi connectivity index (χ2v) is 10.6. The number of piperidine rings is 1. The average molecular weight is 547 g/mol. The van der Waals surface area contributed by atoms with Gasteiger partial charge in [0.2, 0.25) is 0 Å². The third-order valence-corrected chi connectivity index (χ3v) is 8.26. The lowest BCUT2D eigenvalue weighted by atomic mass is 9.85. The van der Waals surface area contributed by atoms with E-state index < -0.39 is 5.54 Å². The molecule has 0 aliphatic carbocycles. The van der Waals surface area contributed by atoms with Crippen molar-refractivity contribution in [3.63, 3.8) is 0 Å². The van der Waals surface area contributed by atoms with Crippen LogP contribution in [-0.2, 0) is 24.4 Å². The summed E-state index contributed by atoms with van der Waals surface area (Å²) in [6.07, 6.45) is 5.13. The van der Waals surface area contributed by atoms with Crippen LogP contribution in [0.4, 0.5) is 4.79 Å². The fourth-order valence-corrected chi connectivity index (χ4v) is 5.86. The molecule has 40 heavy (non-hydrogen) atoms. The number of carbonyl (C=O) groups is 2. The van der Waals surface area contributed by atoms with Gasteiger partial charge in [0.25, 0.3) is 5.91 Å². The number of carbonyl (C=O) groups excluding carboxylic acids is 2. The summed E-state index contributed by atoms with van der Waals surface area (Å²) >= 11 is 0. The summed E-state index contributed by atoms with van der Waals surface area (Å²) in [7, 11) is 4.91. The van der Waals surface area contributed by atoms with Gasteiger partial charge in [-0.3, -0.25) is 14.6 Å². The monoisotopic (exact) mass is 546 g/mol. The number of urea groups is 1. The van der Waals surface area contributed by atoms with Gasteiger partial charge in [-0.15, -0.1) is 0 Å². The maximum atomic E-state index is 14.1. The Bertz CT molecular complexity index is 1330. The molecule has 2 aromatic carbocycles. The lowest BCUT2D eigenvalue weighted by Crippen LogP contribution is -2.57. The number of hydrogen-bond donors (Lipinski definition) is 0. The van der Waals surface area contributed by atoms with E-state index in [0.29, 0.717) is 51.3 Å². The highest BCUT2D eigenvalue weighted by Gasteiger charge is 2.57. The quantitative estimate of drug-likeness (QED) is 0.353. The molecule has 1 aromatic heterocycles. The number of aryl methyl sites for hydroxylation is 1. The third kappa shape index (κ3) is 5.38. The molecule has 3 aromatic rings. The molecule has 0 saturated carbocycles. The minimum Gasteiger partial charge on any atom is -0.497 e. The van der Waals surface area contributed by atoms with Crippen molar-refractivity contribution in [1.29, 1.82) is 0 Å². The van der Waals surface area contributed by atoms with Gasteiger partial charge < -0.3 is 23.7 Å². The number of rotatable bonds is 10. The maximum absolute atomic E-state index is 14.1. The van der Waals surface area contributed by atoms with E-state index in [2.05, 4.69) is 4.90 Å². The van der Waals surface area contributed by atoms with Crippen molar-refractivity contribution in [2.24, 2.45) is 0 Å². The van der Waals surface area contributed by atoms with Gasteiger partial charge in [0, 0.05) is 51.2 Å². The topological polar surface area (TPSA) is 76.5 Å². The number of nitrogens with zero attached hydrogens (tertiary/aromatic N) is 4. The number of amides is 3. The average Bonchev–Trinajstić information content (AvgIpc) is 3.56. The molecule has 9 nitrogen and oxygen atoms in total. The Hall–Kier alpha value is -3.98. The molecule has 0 bridgehead atoms. The van der Waals surface area contributed by atoms with E-state index in [4.69, 9.17) is 14.2 Å².